The van der Waals surface area contributed by atoms with Gasteiger partial charge in [0.05, 0.1) is 13.2 Å². The second kappa shape index (κ2) is 6.03. The van der Waals surface area contributed by atoms with Crippen molar-refractivity contribution in [3.05, 3.63) is 22.3 Å². The number of ether oxygens (including phenoxy) is 5. The number of rotatable bonds is 1. The first-order valence-electron chi connectivity index (χ1n) is 11.7. The summed E-state index contributed by atoms with van der Waals surface area (Å²) in [5.74, 6) is -0.947. The van der Waals surface area contributed by atoms with E-state index in [9.17, 15) is 15.0 Å². The lowest BCUT2D eigenvalue weighted by molar-refractivity contribution is -0.384. The largest absolute Gasteiger partial charge is 0.495 e. The summed E-state index contributed by atoms with van der Waals surface area (Å²) in [6.07, 6.45) is 0.893. The summed E-state index contributed by atoms with van der Waals surface area (Å²) in [7, 11) is 1.57. The normalized spacial score (nSPS) is 44.2. The van der Waals surface area contributed by atoms with Crippen LogP contribution in [0.4, 0.5) is 0 Å². The van der Waals surface area contributed by atoms with Gasteiger partial charge in [0, 0.05) is 35.3 Å². The molecule has 2 N–H and O–H groups in total. The van der Waals surface area contributed by atoms with Gasteiger partial charge in [-0.15, -0.1) is 0 Å². The highest BCUT2D eigenvalue weighted by molar-refractivity contribution is 5.98. The molecule has 6 atom stereocenters. The van der Waals surface area contributed by atoms with Crippen LogP contribution in [0.5, 0.6) is 11.5 Å². The number of aliphatic hydroxyl groups excluding tert-OH is 1. The van der Waals surface area contributed by atoms with Crippen LogP contribution in [-0.2, 0) is 27.2 Å². The van der Waals surface area contributed by atoms with Crippen molar-refractivity contribution in [2.24, 2.45) is 11.3 Å². The van der Waals surface area contributed by atoms with E-state index >= 15 is 0 Å². The molecular formula is C25H32O8. The molecule has 1 aliphatic carbocycles. The van der Waals surface area contributed by atoms with Crippen LogP contribution in [-0.4, -0.2) is 52.2 Å². The molecule has 4 aliphatic heterocycles. The Bertz CT molecular complexity index is 1100. The van der Waals surface area contributed by atoms with E-state index in [1.807, 2.05) is 27.7 Å². The summed E-state index contributed by atoms with van der Waals surface area (Å²) in [4.78, 5) is 12.5. The van der Waals surface area contributed by atoms with E-state index in [1.165, 1.54) is 0 Å². The third-order valence-corrected chi connectivity index (χ3v) is 9.38. The molecule has 8 nitrogen and oxygen atoms in total. The molecule has 8 heteroatoms. The Kier molecular flexibility index (Phi) is 3.95. The zero-order valence-corrected chi connectivity index (χ0v) is 20.0. The van der Waals surface area contributed by atoms with E-state index in [0.717, 1.165) is 16.7 Å². The summed E-state index contributed by atoms with van der Waals surface area (Å²) >= 11 is 0. The van der Waals surface area contributed by atoms with Crippen LogP contribution in [0.1, 0.15) is 74.0 Å². The molecule has 1 aromatic carbocycles. The van der Waals surface area contributed by atoms with Crippen molar-refractivity contribution < 1.29 is 38.7 Å². The minimum absolute atomic E-state index is 0.0878. The van der Waals surface area contributed by atoms with Gasteiger partial charge in [-0.05, 0) is 46.1 Å². The van der Waals surface area contributed by atoms with Gasteiger partial charge >= 0.3 is 5.97 Å². The number of fused-ring (bicyclic) bond motifs is 5. The predicted molar refractivity (Wildman–Crippen MR) is 115 cm³/mol. The van der Waals surface area contributed by atoms with Crippen LogP contribution in [0, 0.1) is 18.3 Å². The van der Waals surface area contributed by atoms with Crippen LogP contribution in [0.2, 0.25) is 0 Å². The van der Waals surface area contributed by atoms with Crippen molar-refractivity contribution in [2.45, 2.75) is 95.8 Å². The van der Waals surface area contributed by atoms with Gasteiger partial charge in [-0.25, -0.2) is 4.79 Å². The number of methoxy groups -OCH3 is 1. The van der Waals surface area contributed by atoms with Crippen LogP contribution >= 0.6 is 0 Å². The maximum atomic E-state index is 12.5. The molecule has 0 unspecified atom stereocenters. The lowest BCUT2D eigenvalue weighted by Gasteiger charge is -2.66. The minimum Gasteiger partial charge on any atom is -0.495 e. The van der Waals surface area contributed by atoms with Crippen LogP contribution in [0.15, 0.2) is 0 Å². The average Bonchev–Trinajstić information content (AvgIpc) is 3.19. The first kappa shape index (κ1) is 21.6. The number of esters is 1. The van der Waals surface area contributed by atoms with E-state index < -0.39 is 34.3 Å². The van der Waals surface area contributed by atoms with Gasteiger partial charge in [0.15, 0.2) is 0 Å². The van der Waals surface area contributed by atoms with Crippen molar-refractivity contribution in [3.63, 3.8) is 0 Å². The lowest BCUT2D eigenvalue weighted by atomic mass is 9.46. The zero-order chi connectivity index (χ0) is 23.8. The van der Waals surface area contributed by atoms with Gasteiger partial charge < -0.3 is 33.9 Å². The van der Waals surface area contributed by atoms with Crippen molar-refractivity contribution in [3.8, 4) is 11.5 Å². The molecule has 1 aromatic rings. The molecule has 6 rings (SSSR count). The van der Waals surface area contributed by atoms with E-state index in [2.05, 4.69) is 6.92 Å². The first-order chi connectivity index (χ1) is 15.3. The third-order valence-electron chi connectivity index (χ3n) is 9.38. The Morgan fingerprint density at radius 1 is 1.09 bits per heavy atom. The van der Waals surface area contributed by atoms with E-state index in [4.69, 9.17) is 23.7 Å². The lowest BCUT2D eigenvalue weighted by Crippen LogP contribution is -2.76. The van der Waals surface area contributed by atoms with Gasteiger partial charge in [-0.3, -0.25) is 0 Å². The zero-order valence-electron chi connectivity index (χ0n) is 20.0. The second-order valence-electron chi connectivity index (χ2n) is 11.4. The molecule has 33 heavy (non-hydrogen) atoms. The number of carbonyl (C=O) groups excluding carboxylic acids is 1. The van der Waals surface area contributed by atoms with Gasteiger partial charge in [0.2, 0.25) is 0 Å². The summed E-state index contributed by atoms with van der Waals surface area (Å²) < 4.78 is 30.2. The third kappa shape index (κ3) is 2.29. The molecule has 1 saturated carbocycles. The van der Waals surface area contributed by atoms with Crippen LogP contribution < -0.4 is 9.47 Å². The molecule has 180 valence electrons. The van der Waals surface area contributed by atoms with Gasteiger partial charge in [-0.1, -0.05) is 6.92 Å². The molecule has 0 amide bonds. The maximum absolute atomic E-state index is 12.5. The van der Waals surface area contributed by atoms with Gasteiger partial charge in [0.25, 0.3) is 5.97 Å². The molecule has 2 bridgehead atoms. The quantitative estimate of drug-likeness (QED) is 0.617. The molecule has 1 spiro atoms. The van der Waals surface area contributed by atoms with E-state index in [1.54, 1.807) is 7.11 Å². The fourth-order valence-corrected chi connectivity index (χ4v) is 8.09. The average molecular weight is 461 g/mol. The van der Waals surface area contributed by atoms with Crippen molar-refractivity contribution in [1.82, 2.24) is 0 Å². The molecule has 0 radical (unpaired) electrons. The number of aliphatic hydroxyl groups is 2. The van der Waals surface area contributed by atoms with Gasteiger partial charge in [-0.2, -0.15) is 0 Å². The Hall–Kier alpha value is -1.87. The molecule has 2 saturated heterocycles. The number of cyclic esters (lactones) is 1. The topological polar surface area (TPSA) is 104 Å². The van der Waals surface area contributed by atoms with Crippen LogP contribution in [0.3, 0.4) is 0 Å². The number of benzene rings is 1. The van der Waals surface area contributed by atoms with Gasteiger partial charge in [0.1, 0.15) is 40.5 Å². The fraction of sp³-hybridized carbons (Fsp3) is 0.720. The highest BCUT2D eigenvalue weighted by Crippen LogP contribution is 2.70. The Morgan fingerprint density at radius 2 is 1.82 bits per heavy atom. The Balaban J connectivity index is 1.56. The highest BCUT2D eigenvalue weighted by atomic mass is 16.9. The summed E-state index contributed by atoms with van der Waals surface area (Å²) in [6.45, 7) is 10.1. The minimum atomic E-state index is -1.70. The predicted octanol–water partition coefficient (Wildman–Crippen LogP) is 2.76. The van der Waals surface area contributed by atoms with E-state index in [-0.39, 0.29) is 18.5 Å². The maximum Gasteiger partial charge on any atom is 0.342 e. The fourth-order valence-electron chi connectivity index (χ4n) is 8.09. The second-order valence-corrected chi connectivity index (χ2v) is 11.4. The van der Waals surface area contributed by atoms with Crippen molar-refractivity contribution in [1.29, 1.82) is 0 Å². The smallest absolute Gasteiger partial charge is 0.342 e. The molecule has 4 heterocycles. The molecule has 0 aromatic heterocycles. The molecular weight excluding hydrogens is 428 g/mol. The number of carbonyl (C=O) groups is 1. The summed E-state index contributed by atoms with van der Waals surface area (Å²) in [5, 5.41) is 22.6. The van der Waals surface area contributed by atoms with E-state index in [0.29, 0.717) is 42.7 Å². The Morgan fingerprint density at radius 3 is 2.52 bits per heavy atom. The number of hydrogen-bond acceptors (Lipinski definition) is 8. The van der Waals surface area contributed by atoms with Crippen LogP contribution in [0.25, 0.3) is 0 Å². The number of hydrogen-bond donors (Lipinski definition) is 2. The Labute approximate surface area is 193 Å². The summed E-state index contributed by atoms with van der Waals surface area (Å²) in [5.41, 5.74) is -0.292. The van der Waals surface area contributed by atoms with Crippen molar-refractivity contribution in [2.75, 3.05) is 7.11 Å². The van der Waals surface area contributed by atoms with Crippen molar-refractivity contribution >= 4 is 5.97 Å². The SMILES string of the molecule is COc1c2c(c(C)c3c1C(=O)OC3)O[C@@]1(C)C[C@H](O)[C@@]34O[C@@](O)(CC[C@]3(C)[C@@H]1C2)OC4(C)C. The first-order valence-corrected chi connectivity index (χ1v) is 11.7. The summed E-state index contributed by atoms with van der Waals surface area (Å²) in [6, 6.07) is 0. The monoisotopic (exact) mass is 460 g/mol. The highest BCUT2D eigenvalue weighted by Gasteiger charge is 2.80. The molecule has 3 fully saturated rings. The molecule has 5 aliphatic rings. The standard InChI is InChI=1S/C25H32O8/c1-12-14-11-30-20(27)17(14)19(29-6)13-9-15-22(4)7-8-24(28)32-21(2,3)25(22,33-24)16(26)10-23(15,5)31-18(12)13/h15-16,26,28H,7-11H2,1-6H3/t15-,16-,22+,23-,24+,25-/m0/s1.